The van der Waals surface area contributed by atoms with E-state index >= 15 is 0 Å². The van der Waals surface area contributed by atoms with Crippen LogP contribution < -0.4 is 10.6 Å². The van der Waals surface area contributed by atoms with Crippen molar-refractivity contribution in [3.63, 3.8) is 0 Å². The Kier molecular flexibility index (Phi) is 3.81. The molecule has 0 bridgehead atoms. The fraction of sp³-hybridized carbons (Fsp3) is 0.800. The minimum atomic E-state index is 0.533. The number of hydrogen-bond acceptors (Lipinski definition) is 4. The van der Waals surface area contributed by atoms with Gasteiger partial charge in [0.15, 0.2) is 5.13 Å². The van der Waals surface area contributed by atoms with E-state index in [0.717, 1.165) is 18.3 Å². The number of nitrogens with two attached hydrogens (primary N) is 1. The van der Waals surface area contributed by atoms with E-state index in [1.54, 1.807) is 0 Å². The summed E-state index contributed by atoms with van der Waals surface area (Å²) < 4.78 is 0. The molecule has 1 aromatic heterocycles. The number of anilines is 1. The lowest BCUT2D eigenvalue weighted by atomic mass is 10.0. The third kappa shape index (κ3) is 2.40. The monoisotopic (exact) mass is 279 g/mol. The van der Waals surface area contributed by atoms with Gasteiger partial charge in [-0.2, -0.15) is 0 Å². The first-order chi connectivity index (χ1) is 9.22. The zero-order chi connectivity index (χ0) is 13.4. The van der Waals surface area contributed by atoms with Crippen molar-refractivity contribution in [3.8, 4) is 0 Å². The van der Waals surface area contributed by atoms with Crippen LogP contribution in [-0.2, 0) is 6.54 Å². The lowest BCUT2D eigenvalue weighted by Crippen LogP contribution is -2.20. The van der Waals surface area contributed by atoms with Crippen LogP contribution in [0.15, 0.2) is 0 Å². The van der Waals surface area contributed by atoms with Crippen molar-refractivity contribution in [1.29, 1.82) is 0 Å². The van der Waals surface area contributed by atoms with Crippen LogP contribution >= 0.6 is 11.3 Å². The summed E-state index contributed by atoms with van der Waals surface area (Å²) in [6.07, 6.45) is 5.43. The first-order valence-corrected chi connectivity index (χ1v) is 8.49. The van der Waals surface area contributed by atoms with E-state index in [1.807, 2.05) is 11.3 Å². The Morgan fingerprint density at radius 3 is 2.63 bits per heavy atom. The molecule has 0 aromatic carbocycles. The lowest BCUT2D eigenvalue weighted by molar-refractivity contribution is 0.494. The Labute approximate surface area is 120 Å². The predicted octanol–water partition coefficient (Wildman–Crippen LogP) is 3.35. The predicted molar refractivity (Wildman–Crippen MR) is 81.8 cm³/mol. The maximum atomic E-state index is 5.90. The second kappa shape index (κ2) is 5.41. The van der Waals surface area contributed by atoms with Crippen LogP contribution in [0.4, 0.5) is 5.13 Å². The average molecular weight is 279 g/mol. The van der Waals surface area contributed by atoms with Crippen molar-refractivity contribution < 1.29 is 0 Å². The topological polar surface area (TPSA) is 42.2 Å². The highest BCUT2D eigenvalue weighted by Gasteiger charge is 2.37. The van der Waals surface area contributed by atoms with Gasteiger partial charge in [-0.15, -0.1) is 11.3 Å². The van der Waals surface area contributed by atoms with Gasteiger partial charge in [0.05, 0.1) is 5.69 Å². The summed E-state index contributed by atoms with van der Waals surface area (Å²) in [6.45, 7) is 7.57. The third-order valence-electron chi connectivity index (χ3n) is 4.98. The number of rotatable bonds is 4. The highest BCUT2D eigenvalue weighted by atomic mass is 32.1. The summed E-state index contributed by atoms with van der Waals surface area (Å²) in [5.74, 6) is 2.39. The minimum absolute atomic E-state index is 0.533. The molecule has 106 valence electrons. The molecule has 1 aliphatic carbocycles. The van der Waals surface area contributed by atoms with Crippen LogP contribution in [0.2, 0.25) is 0 Å². The number of fused-ring (bicyclic) bond motifs is 1. The van der Waals surface area contributed by atoms with E-state index in [9.17, 15) is 0 Å². The highest BCUT2D eigenvalue weighted by Crippen LogP contribution is 2.41. The van der Waals surface area contributed by atoms with Crippen molar-refractivity contribution >= 4 is 16.5 Å². The van der Waals surface area contributed by atoms with E-state index in [-0.39, 0.29) is 0 Å². The fourth-order valence-electron chi connectivity index (χ4n) is 3.60. The highest BCUT2D eigenvalue weighted by molar-refractivity contribution is 7.15. The molecule has 2 aliphatic rings. The molecular weight excluding hydrogens is 254 g/mol. The van der Waals surface area contributed by atoms with Crippen LogP contribution in [-0.4, -0.2) is 18.1 Å². The molecular formula is C15H25N3S. The first kappa shape index (κ1) is 13.4. The molecule has 0 radical (unpaired) electrons. The number of thiazole rings is 1. The van der Waals surface area contributed by atoms with Gasteiger partial charge in [0.2, 0.25) is 0 Å². The van der Waals surface area contributed by atoms with Gasteiger partial charge >= 0.3 is 0 Å². The van der Waals surface area contributed by atoms with Crippen molar-refractivity contribution in [2.24, 2.45) is 17.6 Å². The molecule has 2 heterocycles. The van der Waals surface area contributed by atoms with Gasteiger partial charge < -0.3 is 10.6 Å². The molecule has 4 heteroatoms. The molecule has 1 saturated heterocycles. The van der Waals surface area contributed by atoms with Crippen molar-refractivity contribution in [2.45, 2.75) is 52.0 Å². The maximum Gasteiger partial charge on any atom is 0.185 e. The molecule has 1 aromatic rings. The van der Waals surface area contributed by atoms with Crippen LogP contribution in [0.1, 0.15) is 56.0 Å². The Balaban J connectivity index is 1.80. The van der Waals surface area contributed by atoms with Gasteiger partial charge in [-0.3, -0.25) is 0 Å². The van der Waals surface area contributed by atoms with Crippen molar-refractivity contribution in [3.05, 3.63) is 10.6 Å². The number of nitrogens with zero attached hydrogens (tertiary/aromatic N) is 2. The average Bonchev–Trinajstić information content (AvgIpc) is 3.09. The van der Waals surface area contributed by atoms with Gasteiger partial charge in [-0.1, -0.05) is 20.3 Å². The fourth-order valence-corrected chi connectivity index (χ4v) is 4.68. The van der Waals surface area contributed by atoms with E-state index in [0.29, 0.717) is 12.5 Å². The van der Waals surface area contributed by atoms with Crippen LogP contribution in [0, 0.1) is 11.8 Å². The molecule has 3 atom stereocenters. The molecule has 0 spiro atoms. The smallest absolute Gasteiger partial charge is 0.185 e. The second-order valence-electron chi connectivity index (χ2n) is 6.17. The number of aromatic nitrogens is 1. The van der Waals surface area contributed by atoms with Crippen LogP contribution in [0.5, 0.6) is 0 Å². The van der Waals surface area contributed by atoms with E-state index in [1.165, 1.54) is 48.1 Å². The van der Waals surface area contributed by atoms with E-state index in [2.05, 4.69) is 18.7 Å². The minimum Gasteiger partial charge on any atom is -0.348 e. The molecule has 2 N–H and O–H groups in total. The third-order valence-corrected chi connectivity index (χ3v) is 6.13. The molecule has 3 nitrogen and oxygen atoms in total. The van der Waals surface area contributed by atoms with E-state index in [4.69, 9.17) is 10.7 Å². The summed E-state index contributed by atoms with van der Waals surface area (Å²) in [7, 11) is 0. The Morgan fingerprint density at radius 2 is 2.05 bits per heavy atom. The van der Waals surface area contributed by atoms with E-state index < -0.39 is 0 Å². The summed E-state index contributed by atoms with van der Waals surface area (Å²) in [5.41, 5.74) is 7.15. The molecule has 2 fully saturated rings. The molecule has 3 unspecified atom stereocenters. The first-order valence-electron chi connectivity index (χ1n) is 7.67. The Bertz CT molecular complexity index is 431. The Hall–Kier alpha value is -0.610. The summed E-state index contributed by atoms with van der Waals surface area (Å²) in [5, 5.41) is 1.23. The number of hydrogen-bond donors (Lipinski definition) is 1. The standard InChI is InChI=1S/C15H25N3S/c1-3-10(2)14-13(7-16)19-15(17-14)18-8-11-5-4-6-12(11)9-18/h10-12H,3-9,16H2,1-2H3. The summed E-state index contributed by atoms with van der Waals surface area (Å²) in [6, 6.07) is 0. The molecule has 3 rings (SSSR count). The van der Waals surface area contributed by atoms with Crippen molar-refractivity contribution in [2.75, 3.05) is 18.0 Å². The second-order valence-corrected chi connectivity index (χ2v) is 7.24. The molecule has 1 saturated carbocycles. The summed E-state index contributed by atoms with van der Waals surface area (Å²) in [4.78, 5) is 8.74. The maximum absolute atomic E-state index is 5.90. The quantitative estimate of drug-likeness (QED) is 0.919. The van der Waals surface area contributed by atoms with Gasteiger partial charge in [-0.05, 0) is 37.0 Å². The molecule has 1 aliphatic heterocycles. The van der Waals surface area contributed by atoms with Gasteiger partial charge in [-0.25, -0.2) is 4.98 Å². The van der Waals surface area contributed by atoms with Gasteiger partial charge in [0.25, 0.3) is 0 Å². The molecule has 19 heavy (non-hydrogen) atoms. The van der Waals surface area contributed by atoms with Gasteiger partial charge in [0.1, 0.15) is 0 Å². The van der Waals surface area contributed by atoms with Crippen LogP contribution in [0.25, 0.3) is 0 Å². The summed E-state index contributed by atoms with van der Waals surface area (Å²) >= 11 is 1.83. The van der Waals surface area contributed by atoms with Gasteiger partial charge in [0, 0.05) is 24.5 Å². The van der Waals surface area contributed by atoms with Crippen molar-refractivity contribution in [1.82, 2.24) is 4.98 Å². The van der Waals surface area contributed by atoms with Crippen LogP contribution in [0.3, 0.4) is 0 Å². The SMILES string of the molecule is CCC(C)c1nc(N2CC3CCCC3C2)sc1CN. The largest absolute Gasteiger partial charge is 0.348 e. The zero-order valence-electron chi connectivity index (χ0n) is 12.1. The zero-order valence-corrected chi connectivity index (χ0v) is 12.9. The normalized spacial score (nSPS) is 27.8. The Morgan fingerprint density at radius 1 is 1.37 bits per heavy atom. The lowest BCUT2D eigenvalue weighted by Gasteiger charge is -2.15. The molecule has 0 amide bonds.